The molecule has 1 heterocycles. The number of rotatable bonds is 4. The van der Waals surface area contributed by atoms with Gasteiger partial charge in [-0.15, -0.1) is 0 Å². The molecule has 1 aromatic heterocycles. The number of nitrogens with zero attached hydrogens (tertiary/aromatic N) is 2. The average Bonchev–Trinajstić information content (AvgIpc) is 2.79. The summed E-state index contributed by atoms with van der Waals surface area (Å²) in [5, 5.41) is 10.7. The monoisotopic (exact) mass is 251 g/mol. The van der Waals surface area contributed by atoms with Crippen LogP contribution in [0.4, 0.5) is 5.00 Å². The summed E-state index contributed by atoms with van der Waals surface area (Å²) in [5.41, 5.74) is 6.45. The lowest BCUT2D eigenvalue weighted by Gasteiger charge is -2.01. The minimum absolute atomic E-state index is 0.0430. The van der Waals surface area contributed by atoms with Crippen molar-refractivity contribution in [1.29, 1.82) is 0 Å². The summed E-state index contributed by atoms with van der Waals surface area (Å²) in [5.74, 6) is 0.575. The van der Waals surface area contributed by atoms with E-state index in [4.69, 9.17) is 10.5 Å². The van der Waals surface area contributed by atoms with Gasteiger partial charge in [-0.05, 0) is 29.0 Å². The lowest BCUT2D eigenvalue weighted by Crippen LogP contribution is -1.95. The second-order valence-corrected chi connectivity index (χ2v) is 4.14. The number of nitro groups is 1. The van der Waals surface area contributed by atoms with Gasteiger partial charge in [-0.25, -0.2) is 4.98 Å². The van der Waals surface area contributed by atoms with Crippen LogP contribution in [0.2, 0.25) is 0 Å². The van der Waals surface area contributed by atoms with Gasteiger partial charge >= 0.3 is 5.00 Å². The van der Waals surface area contributed by atoms with E-state index in [0.29, 0.717) is 12.3 Å². The Balaban J connectivity index is 2.11. The van der Waals surface area contributed by atoms with E-state index in [-0.39, 0.29) is 10.2 Å². The molecule has 0 radical (unpaired) electrons. The van der Waals surface area contributed by atoms with Crippen LogP contribution < -0.4 is 10.5 Å². The molecule has 0 unspecified atom stereocenters. The Bertz CT molecular complexity index is 524. The van der Waals surface area contributed by atoms with Gasteiger partial charge in [-0.1, -0.05) is 12.1 Å². The van der Waals surface area contributed by atoms with Crippen LogP contribution in [-0.2, 0) is 6.54 Å². The quantitative estimate of drug-likeness (QED) is 0.665. The number of ether oxygens (including phenoxy) is 1. The molecule has 6 nitrogen and oxygen atoms in total. The summed E-state index contributed by atoms with van der Waals surface area (Å²) in [6.07, 6.45) is 1.17. The van der Waals surface area contributed by atoms with Crippen molar-refractivity contribution in [2.24, 2.45) is 5.73 Å². The maximum atomic E-state index is 10.5. The Morgan fingerprint density at radius 1 is 1.41 bits per heavy atom. The lowest BCUT2D eigenvalue weighted by atomic mass is 10.2. The number of thiazole rings is 1. The first-order valence-corrected chi connectivity index (χ1v) is 5.58. The molecule has 2 N–H and O–H groups in total. The number of benzene rings is 1. The number of nitrogens with two attached hydrogens (primary N) is 1. The van der Waals surface area contributed by atoms with Gasteiger partial charge < -0.3 is 10.5 Å². The van der Waals surface area contributed by atoms with E-state index in [1.165, 1.54) is 6.20 Å². The molecule has 0 fully saturated rings. The molecular formula is C10H9N3O3S. The van der Waals surface area contributed by atoms with Crippen LogP contribution in [0.15, 0.2) is 30.5 Å². The zero-order chi connectivity index (χ0) is 12.3. The first kappa shape index (κ1) is 11.5. The fourth-order valence-electron chi connectivity index (χ4n) is 1.18. The molecule has 88 valence electrons. The van der Waals surface area contributed by atoms with Crippen LogP contribution in [0.25, 0.3) is 0 Å². The Kier molecular flexibility index (Phi) is 3.31. The highest BCUT2D eigenvalue weighted by atomic mass is 32.1. The number of hydrogen-bond acceptors (Lipinski definition) is 6. The Morgan fingerprint density at radius 3 is 2.65 bits per heavy atom. The van der Waals surface area contributed by atoms with E-state index in [1.54, 1.807) is 12.1 Å². The first-order valence-electron chi connectivity index (χ1n) is 4.76. The van der Waals surface area contributed by atoms with E-state index >= 15 is 0 Å². The van der Waals surface area contributed by atoms with Crippen LogP contribution >= 0.6 is 11.3 Å². The highest BCUT2D eigenvalue weighted by molar-refractivity contribution is 7.16. The Morgan fingerprint density at radius 2 is 2.12 bits per heavy atom. The molecule has 0 bridgehead atoms. The van der Waals surface area contributed by atoms with Gasteiger partial charge in [0.05, 0.1) is 4.92 Å². The molecule has 17 heavy (non-hydrogen) atoms. The van der Waals surface area contributed by atoms with Gasteiger partial charge in [-0.2, -0.15) is 0 Å². The second kappa shape index (κ2) is 4.89. The lowest BCUT2D eigenvalue weighted by molar-refractivity contribution is -0.380. The van der Waals surface area contributed by atoms with Crippen molar-refractivity contribution in [1.82, 2.24) is 4.98 Å². The largest absolute Gasteiger partial charge is 0.431 e. The normalized spacial score (nSPS) is 10.2. The molecule has 2 rings (SSSR count). The minimum atomic E-state index is -0.498. The SMILES string of the molecule is NCc1ccc(Oc2ncc([N+](=O)[O-])s2)cc1. The van der Waals surface area contributed by atoms with Gasteiger partial charge in [0.1, 0.15) is 11.9 Å². The van der Waals surface area contributed by atoms with Crippen molar-refractivity contribution in [3.63, 3.8) is 0 Å². The molecule has 0 amide bonds. The van der Waals surface area contributed by atoms with E-state index in [1.807, 2.05) is 12.1 Å². The molecule has 7 heteroatoms. The molecule has 0 aliphatic heterocycles. The highest BCUT2D eigenvalue weighted by Gasteiger charge is 2.12. The van der Waals surface area contributed by atoms with Crippen LogP contribution in [0.5, 0.6) is 10.9 Å². The van der Waals surface area contributed by atoms with E-state index < -0.39 is 4.92 Å². The Labute approximate surface area is 101 Å². The van der Waals surface area contributed by atoms with Gasteiger partial charge in [0.15, 0.2) is 0 Å². The van der Waals surface area contributed by atoms with E-state index in [0.717, 1.165) is 16.9 Å². The summed E-state index contributed by atoms with van der Waals surface area (Å²) in [7, 11) is 0. The van der Waals surface area contributed by atoms with Crippen LogP contribution in [0, 0.1) is 10.1 Å². The molecule has 0 aliphatic rings. The minimum Gasteiger partial charge on any atom is -0.431 e. The maximum Gasteiger partial charge on any atom is 0.347 e. The predicted octanol–water partition coefficient (Wildman–Crippen LogP) is 2.30. The molecule has 1 aromatic carbocycles. The molecule has 0 atom stereocenters. The van der Waals surface area contributed by atoms with Crippen molar-refractivity contribution in [3.05, 3.63) is 46.1 Å². The van der Waals surface area contributed by atoms with Gasteiger partial charge in [0.25, 0.3) is 5.19 Å². The third-order valence-corrected chi connectivity index (χ3v) is 2.84. The van der Waals surface area contributed by atoms with Crippen molar-refractivity contribution in [2.75, 3.05) is 0 Å². The first-order chi connectivity index (χ1) is 8.19. The highest BCUT2D eigenvalue weighted by Crippen LogP contribution is 2.30. The molecule has 2 aromatic rings. The predicted molar refractivity (Wildman–Crippen MR) is 63.2 cm³/mol. The van der Waals surface area contributed by atoms with Gasteiger partial charge in [0, 0.05) is 6.54 Å². The molecule has 0 saturated heterocycles. The topological polar surface area (TPSA) is 91.3 Å². The van der Waals surface area contributed by atoms with Gasteiger partial charge in [0.2, 0.25) is 0 Å². The van der Waals surface area contributed by atoms with Gasteiger partial charge in [-0.3, -0.25) is 10.1 Å². The van der Waals surface area contributed by atoms with Crippen LogP contribution in [-0.4, -0.2) is 9.91 Å². The van der Waals surface area contributed by atoms with Crippen LogP contribution in [0.3, 0.4) is 0 Å². The third kappa shape index (κ3) is 2.77. The van der Waals surface area contributed by atoms with E-state index in [2.05, 4.69) is 4.98 Å². The molecule has 0 aliphatic carbocycles. The molecule has 0 saturated carbocycles. The summed E-state index contributed by atoms with van der Waals surface area (Å²) in [6.45, 7) is 0.461. The molecular weight excluding hydrogens is 242 g/mol. The average molecular weight is 251 g/mol. The fourth-order valence-corrected chi connectivity index (χ4v) is 1.78. The van der Waals surface area contributed by atoms with Crippen molar-refractivity contribution in [2.45, 2.75) is 6.54 Å². The van der Waals surface area contributed by atoms with E-state index in [9.17, 15) is 10.1 Å². The fraction of sp³-hybridized carbons (Fsp3) is 0.100. The zero-order valence-electron chi connectivity index (χ0n) is 8.70. The number of hydrogen-bond donors (Lipinski definition) is 1. The summed E-state index contributed by atoms with van der Waals surface area (Å²) in [6, 6.07) is 7.15. The summed E-state index contributed by atoms with van der Waals surface area (Å²) in [4.78, 5) is 13.8. The third-order valence-electron chi connectivity index (χ3n) is 2.02. The number of aromatic nitrogens is 1. The summed E-state index contributed by atoms with van der Waals surface area (Å²) < 4.78 is 5.37. The van der Waals surface area contributed by atoms with Crippen molar-refractivity contribution < 1.29 is 9.66 Å². The van der Waals surface area contributed by atoms with Crippen LogP contribution in [0.1, 0.15) is 5.56 Å². The Hall–Kier alpha value is -1.99. The summed E-state index contributed by atoms with van der Waals surface area (Å²) >= 11 is 0.889. The smallest absolute Gasteiger partial charge is 0.347 e. The second-order valence-electron chi connectivity index (χ2n) is 3.17. The zero-order valence-corrected chi connectivity index (χ0v) is 9.52. The maximum absolute atomic E-state index is 10.5. The standard InChI is InChI=1S/C10H9N3O3S/c11-5-7-1-3-8(4-2-7)16-10-12-6-9(17-10)13(14)15/h1-4,6H,5,11H2. The van der Waals surface area contributed by atoms with Crippen molar-refractivity contribution >= 4 is 16.3 Å². The van der Waals surface area contributed by atoms with Crippen molar-refractivity contribution in [3.8, 4) is 10.9 Å². The molecule has 0 spiro atoms.